The first-order chi connectivity index (χ1) is 23.9. The van der Waals surface area contributed by atoms with Crippen LogP contribution in [0.15, 0.2) is 36.7 Å². The summed E-state index contributed by atoms with van der Waals surface area (Å²) in [4.78, 5) is 45.1. The molecule has 0 fully saturated rings. The van der Waals surface area contributed by atoms with E-state index in [9.17, 15) is 14.4 Å². The molecule has 3 aromatic heterocycles. The van der Waals surface area contributed by atoms with Crippen LogP contribution in [0.3, 0.4) is 0 Å². The number of nitrogens with zero attached hydrogens (tertiary/aromatic N) is 5. The van der Waals surface area contributed by atoms with Gasteiger partial charge in [0.25, 0.3) is 11.8 Å². The van der Waals surface area contributed by atoms with Crippen LogP contribution >= 0.6 is 0 Å². The van der Waals surface area contributed by atoms with Crippen LogP contribution in [0.25, 0.3) is 16.7 Å². The highest BCUT2D eigenvalue weighted by atomic mass is 16.6. The van der Waals surface area contributed by atoms with E-state index in [2.05, 4.69) is 32.7 Å². The maximum absolute atomic E-state index is 13.9. The summed E-state index contributed by atoms with van der Waals surface area (Å²) in [5.74, 6) is -0.353. The maximum Gasteiger partial charge on any atom is 0.434 e. The minimum atomic E-state index is -0.705. The van der Waals surface area contributed by atoms with Crippen molar-refractivity contribution < 1.29 is 28.6 Å². The van der Waals surface area contributed by atoms with Crippen LogP contribution in [-0.2, 0) is 9.47 Å². The quantitative estimate of drug-likeness (QED) is 0.110. The molecule has 0 aliphatic carbocycles. The number of carbonyl (C=O) groups excluding carboxylic acids is 3. The molecule has 0 bridgehead atoms. The van der Waals surface area contributed by atoms with Crippen molar-refractivity contribution in [1.82, 2.24) is 29.9 Å². The standard InChI is InChI=1S/C37H51N7O6/c1-8-9-10-11-12-13-14-15-19-49-20-21-50-36(47)43-24-27-22-26(3)31(30(32(27)42-43)35(46)40-37(4,5)6)39-34(45)28-23-29(48-7)41-44(28)33-25(2)17-16-18-38-33/h16-18,22-24H,8-15,19-21H2,1-7H3,(H,39,45)(H,40,46). The number of aryl methyl sites for hydroxylation is 2. The Morgan fingerprint density at radius 2 is 1.60 bits per heavy atom. The highest BCUT2D eigenvalue weighted by Crippen LogP contribution is 2.31. The molecule has 0 aliphatic rings. The van der Waals surface area contributed by atoms with Gasteiger partial charge in [0, 0.05) is 36.0 Å². The number of nitrogens with one attached hydrogen (secondary N) is 2. The molecule has 4 aromatic rings. The van der Waals surface area contributed by atoms with Crippen molar-refractivity contribution in [2.75, 3.05) is 32.2 Å². The van der Waals surface area contributed by atoms with Crippen molar-refractivity contribution in [3.63, 3.8) is 0 Å². The second-order valence-corrected chi connectivity index (χ2v) is 13.4. The summed E-state index contributed by atoms with van der Waals surface area (Å²) >= 11 is 0. The fourth-order valence-electron chi connectivity index (χ4n) is 5.54. The fourth-order valence-corrected chi connectivity index (χ4v) is 5.54. The predicted molar refractivity (Wildman–Crippen MR) is 192 cm³/mol. The zero-order valence-electron chi connectivity index (χ0n) is 30.4. The van der Waals surface area contributed by atoms with Gasteiger partial charge < -0.3 is 24.8 Å². The number of benzene rings is 1. The Hall–Kier alpha value is -4.78. The Morgan fingerprint density at radius 1 is 0.880 bits per heavy atom. The lowest BCUT2D eigenvalue weighted by molar-refractivity contribution is 0.0703. The molecule has 13 nitrogen and oxygen atoms in total. The van der Waals surface area contributed by atoms with Crippen molar-refractivity contribution in [3.05, 3.63) is 59.0 Å². The number of pyridine rings is 1. The largest absolute Gasteiger partial charge is 0.480 e. The molecule has 50 heavy (non-hydrogen) atoms. The number of methoxy groups -OCH3 is 1. The van der Waals surface area contributed by atoms with Gasteiger partial charge in [-0.1, -0.05) is 57.9 Å². The molecule has 0 radical (unpaired) electrons. The molecule has 4 rings (SSSR count). The van der Waals surface area contributed by atoms with Gasteiger partial charge in [-0.2, -0.15) is 9.78 Å². The minimum absolute atomic E-state index is 0.0661. The van der Waals surface area contributed by atoms with Crippen LogP contribution in [0.5, 0.6) is 5.88 Å². The van der Waals surface area contributed by atoms with Crippen molar-refractivity contribution in [3.8, 4) is 11.7 Å². The number of amides is 2. The van der Waals surface area contributed by atoms with Gasteiger partial charge in [-0.25, -0.2) is 14.5 Å². The van der Waals surface area contributed by atoms with Gasteiger partial charge in [0.05, 0.1) is 25.0 Å². The van der Waals surface area contributed by atoms with Gasteiger partial charge in [-0.15, -0.1) is 5.10 Å². The summed E-state index contributed by atoms with van der Waals surface area (Å²) in [7, 11) is 1.46. The van der Waals surface area contributed by atoms with E-state index in [-0.39, 0.29) is 41.6 Å². The highest BCUT2D eigenvalue weighted by Gasteiger charge is 2.28. The highest BCUT2D eigenvalue weighted by molar-refractivity contribution is 6.15. The molecule has 13 heteroatoms. The van der Waals surface area contributed by atoms with Crippen LogP contribution in [0.4, 0.5) is 10.5 Å². The summed E-state index contributed by atoms with van der Waals surface area (Å²) in [5.41, 5.74) is 1.48. The molecule has 1 aromatic carbocycles. The lowest BCUT2D eigenvalue weighted by Gasteiger charge is -2.22. The number of rotatable bonds is 17. The predicted octanol–water partition coefficient (Wildman–Crippen LogP) is 7.17. The van der Waals surface area contributed by atoms with E-state index in [0.29, 0.717) is 23.4 Å². The zero-order chi connectivity index (χ0) is 36.3. The number of hydrogen-bond donors (Lipinski definition) is 2. The number of carbonyl (C=O) groups is 3. The van der Waals surface area contributed by atoms with E-state index in [0.717, 1.165) is 23.1 Å². The summed E-state index contributed by atoms with van der Waals surface area (Å²) in [5, 5.41) is 15.3. The third-order valence-electron chi connectivity index (χ3n) is 8.04. The third-order valence-corrected chi connectivity index (χ3v) is 8.04. The van der Waals surface area contributed by atoms with Crippen LogP contribution in [0, 0.1) is 13.8 Å². The number of fused-ring (bicyclic) bond motifs is 1. The second kappa shape index (κ2) is 17.7. The van der Waals surface area contributed by atoms with Crippen LogP contribution in [0.1, 0.15) is 111 Å². The topological polar surface area (TPSA) is 151 Å². The monoisotopic (exact) mass is 689 g/mol. The fraction of sp³-hybridized carbons (Fsp3) is 0.514. The van der Waals surface area contributed by atoms with Crippen molar-refractivity contribution in [1.29, 1.82) is 0 Å². The molecule has 0 saturated heterocycles. The Kier molecular flexibility index (Phi) is 13.5. The first kappa shape index (κ1) is 38.0. The lowest BCUT2D eigenvalue weighted by atomic mass is 10.0. The minimum Gasteiger partial charge on any atom is -0.480 e. The van der Waals surface area contributed by atoms with Gasteiger partial charge in [0.1, 0.15) is 17.8 Å². The van der Waals surface area contributed by atoms with Gasteiger partial charge in [-0.3, -0.25) is 9.59 Å². The van der Waals surface area contributed by atoms with Crippen LogP contribution in [0.2, 0.25) is 0 Å². The zero-order valence-corrected chi connectivity index (χ0v) is 30.4. The molecule has 2 N–H and O–H groups in total. The maximum atomic E-state index is 13.9. The Morgan fingerprint density at radius 3 is 2.28 bits per heavy atom. The molecule has 0 aliphatic heterocycles. The van der Waals surface area contributed by atoms with E-state index in [1.165, 1.54) is 62.6 Å². The summed E-state index contributed by atoms with van der Waals surface area (Å²) in [6.07, 6.45) is 12.1. The molecule has 2 amide bonds. The average molecular weight is 690 g/mol. The molecule has 0 atom stereocenters. The Bertz CT molecular complexity index is 1770. The normalized spacial score (nSPS) is 11.5. The second-order valence-electron chi connectivity index (χ2n) is 13.4. The Labute approximate surface area is 294 Å². The van der Waals surface area contributed by atoms with Gasteiger partial charge >= 0.3 is 6.09 Å². The van der Waals surface area contributed by atoms with Crippen molar-refractivity contribution in [2.24, 2.45) is 0 Å². The summed E-state index contributed by atoms with van der Waals surface area (Å²) in [6.45, 7) is 12.4. The number of anilines is 1. The molecule has 0 spiro atoms. The van der Waals surface area contributed by atoms with Gasteiger partial charge in [0.2, 0.25) is 5.88 Å². The van der Waals surface area contributed by atoms with E-state index >= 15 is 0 Å². The van der Waals surface area contributed by atoms with Crippen molar-refractivity contribution >= 4 is 34.5 Å². The lowest BCUT2D eigenvalue weighted by Crippen LogP contribution is -2.41. The number of ether oxygens (including phenoxy) is 3. The van der Waals surface area contributed by atoms with Crippen LogP contribution < -0.4 is 15.4 Å². The van der Waals surface area contributed by atoms with Gasteiger partial charge in [0.15, 0.2) is 5.82 Å². The van der Waals surface area contributed by atoms with Crippen molar-refractivity contribution in [2.45, 2.75) is 98.4 Å². The molecule has 0 unspecified atom stereocenters. The number of hydrogen-bond acceptors (Lipinski definition) is 9. The summed E-state index contributed by atoms with van der Waals surface area (Å²) < 4.78 is 18.9. The van der Waals surface area contributed by atoms with Crippen LogP contribution in [-0.4, -0.2) is 74.9 Å². The SMILES string of the molecule is CCCCCCCCCCOCCOC(=O)n1cc2cc(C)c(NC(=O)c3cc(OC)nn3-c3ncccc3C)c(C(=O)NC(C)(C)C)c2n1. The molecule has 270 valence electrons. The molecule has 3 heterocycles. The number of aromatic nitrogens is 5. The van der Waals surface area contributed by atoms with E-state index in [1.54, 1.807) is 25.3 Å². The van der Waals surface area contributed by atoms with E-state index < -0.39 is 23.4 Å². The van der Waals surface area contributed by atoms with E-state index in [4.69, 9.17) is 14.2 Å². The number of unbranched alkanes of at least 4 members (excludes halogenated alkanes) is 7. The smallest absolute Gasteiger partial charge is 0.434 e. The molecule has 0 saturated carbocycles. The van der Waals surface area contributed by atoms with Gasteiger partial charge in [-0.05, 0) is 64.3 Å². The first-order valence-corrected chi connectivity index (χ1v) is 17.4. The average Bonchev–Trinajstić information content (AvgIpc) is 3.69. The summed E-state index contributed by atoms with van der Waals surface area (Å²) in [6, 6.07) is 6.90. The third kappa shape index (κ3) is 10.1. The first-order valence-electron chi connectivity index (χ1n) is 17.4. The molecular formula is C37H51N7O6. The molecular weight excluding hydrogens is 638 g/mol. The van der Waals surface area contributed by atoms with E-state index in [1.807, 2.05) is 33.8 Å². The Balaban J connectivity index is 1.51.